The van der Waals surface area contributed by atoms with E-state index >= 15 is 0 Å². The summed E-state index contributed by atoms with van der Waals surface area (Å²) in [7, 11) is -10.2. The molecule has 66 heavy (non-hydrogen) atoms. The van der Waals surface area contributed by atoms with Crippen LogP contribution in [0.3, 0.4) is 0 Å². The fourth-order valence-electron chi connectivity index (χ4n) is 6.80. The molecule has 4 heterocycles. The predicted molar refractivity (Wildman–Crippen MR) is 239 cm³/mol. The van der Waals surface area contributed by atoms with Crippen molar-refractivity contribution >= 4 is 90.8 Å². The number of para-hydroxylation sites is 2. The van der Waals surface area contributed by atoms with Crippen LogP contribution in [-0.4, -0.2) is 108 Å². The molecule has 4 N–H and O–H groups in total. The molecule has 2 saturated heterocycles. The van der Waals surface area contributed by atoms with E-state index in [9.17, 15) is 25.9 Å². The van der Waals surface area contributed by atoms with Gasteiger partial charge < -0.3 is 49.6 Å². The number of aryl methyl sites for hydroxylation is 2. The third-order valence-corrected chi connectivity index (χ3v) is 11.9. The van der Waals surface area contributed by atoms with Gasteiger partial charge in [-0.25, -0.2) is 16.8 Å². The van der Waals surface area contributed by atoms with E-state index in [4.69, 9.17) is 9.47 Å². The van der Waals surface area contributed by atoms with Gasteiger partial charge in [0, 0.05) is 48.9 Å². The van der Waals surface area contributed by atoms with Gasteiger partial charge in [0.1, 0.15) is 20.2 Å². The van der Waals surface area contributed by atoms with Crippen LogP contribution in [-0.2, 0) is 29.7 Å². The third kappa shape index (κ3) is 13.0. The van der Waals surface area contributed by atoms with E-state index < -0.39 is 30.0 Å². The number of nitrogens with zero attached hydrogens (tertiary/aromatic N) is 8. The van der Waals surface area contributed by atoms with Gasteiger partial charge in [-0.15, -0.1) is 0 Å². The topological polar surface area (TPSA) is 265 Å². The first-order valence-corrected chi connectivity index (χ1v) is 22.8. The molecule has 332 valence electrons. The Morgan fingerprint density at radius 3 is 1.21 bits per heavy atom. The molecule has 0 spiro atoms. The molecule has 24 heteroatoms. The molecule has 0 amide bonds. The minimum atomic E-state index is -5.10. The molecule has 20 nitrogen and oxygen atoms in total. The van der Waals surface area contributed by atoms with E-state index in [2.05, 4.69) is 51.2 Å². The number of rotatable bonds is 14. The molecule has 2 aromatic heterocycles. The Morgan fingerprint density at radius 2 is 0.864 bits per heavy atom. The van der Waals surface area contributed by atoms with Crippen LogP contribution < -0.4 is 90.2 Å². The molecular weight excluding hydrogens is 911 g/mol. The van der Waals surface area contributed by atoms with Crippen LogP contribution in [0.5, 0.6) is 0 Å². The quantitative estimate of drug-likeness (QED) is 0.0598. The fraction of sp³-hybridized carbons (Fsp3) is 0.238. The van der Waals surface area contributed by atoms with Crippen LogP contribution in [0.25, 0.3) is 12.2 Å². The molecule has 2 aliphatic rings. The van der Waals surface area contributed by atoms with Gasteiger partial charge in [-0.05, 0) is 72.5 Å². The molecule has 8 rings (SSSR count). The zero-order chi connectivity index (χ0) is 44.8. The maximum absolute atomic E-state index is 12.7. The summed E-state index contributed by atoms with van der Waals surface area (Å²) in [6.07, 6.45) is 2.47. The first kappa shape index (κ1) is 50.6. The van der Waals surface area contributed by atoms with Crippen LogP contribution in [0.15, 0.2) is 94.7 Å². The number of benzene rings is 4. The van der Waals surface area contributed by atoms with Crippen molar-refractivity contribution in [2.45, 2.75) is 23.6 Å². The summed E-state index contributed by atoms with van der Waals surface area (Å²) >= 11 is 0. The first-order valence-electron chi connectivity index (χ1n) is 20.0. The smallest absolute Gasteiger partial charge is 0.744 e. The van der Waals surface area contributed by atoms with Gasteiger partial charge in [0.15, 0.2) is 0 Å². The van der Waals surface area contributed by atoms with Gasteiger partial charge in [0.05, 0.1) is 36.2 Å². The maximum Gasteiger partial charge on any atom is 1.00 e. The zero-order valence-electron chi connectivity index (χ0n) is 36.6. The Bertz CT molecular complexity index is 2750. The van der Waals surface area contributed by atoms with E-state index in [-0.39, 0.29) is 105 Å². The predicted octanol–water partition coefficient (Wildman–Crippen LogP) is -0.692. The van der Waals surface area contributed by atoms with Crippen molar-refractivity contribution in [3.05, 3.63) is 107 Å². The van der Waals surface area contributed by atoms with Crippen LogP contribution in [0.2, 0.25) is 0 Å². The monoisotopic (exact) mass is 952 g/mol. The number of hydrogen-bond donors (Lipinski definition) is 4. The SMILES string of the molecule is Cc1ccccc1Nc1nc(Nc2ccc(/C=C\c3ccc(Nc4nc(Nc5ccccc5C)nc(N5CCOCC5)n4)cc3S(=O)(=O)[O-])c(S(=O)(=O)[O-])c2)nc(N2CCOCC2)n1.[Na+].[Na+]. The summed E-state index contributed by atoms with van der Waals surface area (Å²) in [6.45, 7) is 7.89. The van der Waals surface area contributed by atoms with Crippen LogP contribution in [0.1, 0.15) is 22.3 Å². The Labute approximate surface area is 426 Å². The van der Waals surface area contributed by atoms with Crippen LogP contribution >= 0.6 is 0 Å². The van der Waals surface area contributed by atoms with Gasteiger partial charge in [-0.3, -0.25) is 0 Å². The van der Waals surface area contributed by atoms with Gasteiger partial charge in [-0.2, -0.15) is 29.9 Å². The Kier molecular flexibility index (Phi) is 17.1. The van der Waals surface area contributed by atoms with Crippen molar-refractivity contribution in [1.82, 2.24) is 29.9 Å². The molecule has 0 saturated carbocycles. The van der Waals surface area contributed by atoms with Crippen molar-refractivity contribution in [2.75, 3.05) is 83.7 Å². The summed E-state index contributed by atoms with van der Waals surface area (Å²) in [5.74, 6) is 1.28. The first-order chi connectivity index (χ1) is 30.7. The number of hydrogen-bond acceptors (Lipinski definition) is 20. The molecular formula is C42H42N12Na2O8S2. The molecule has 0 aliphatic carbocycles. The summed E-state index contributed by atoms with van der Waals surface area (Å²) < 4.78 is 86.9. The average molecular weight is 953 g/mol. The molecule has 0 radical (unpaired) electrons. The molecule has 2 aliphatic heterocycles. The standard InChI is InChI=1S/C42H44N12O8S2.2Na/c1-27-7-3-5-9-33(27)45-39-47-37(49-41(51-39)53-17-21-61-22-18-53)43-31-15-13-29(35(25-31)63(55,56)57)11-12-30-14-16-32(26-36(30)64(58,59)60)44-38-48-40(46-34-10-6-4-8-28(34)2)52-42(50-38)54-19-23-62-24-20-54;;/h3-16,25-26H,17-24H2,1-2H3,(H,55,56,57)(H,58,59,60)(H2,43,45,47,49,51)(H2,44,46,48,50,52);;/q;2*+1/p-2/b12-11-;;. The average Bonchev–Trinajstić information content (AvgIpc) is 3.27. The molecule has 6 aromatic rings. The second-order valence-corrected chi connectivity index (χ2v) is 17.3. The van der Waals surface area contributed by atoms with Crippen molar-refractivity contribution in [3.8, 4) is 0 Å². The van der Waals surface area contributed by atoms with E-state index in [1.807, 2.05) is 72.2 Å². The summed E-state index contributed by atoms with van der Waals surface area (Å²) in [5, 5.41) is 12.4. The second kappa shape index (κ2) is 22.3. The minimum absolute atomic E-state index is 0. The third-order valence-electron chi connectivity index (χ3n) is 10.1. The second-order valence-electron chi connectivity index (χ2n) is 14.6. The van der Waals surface area contributed by atoms with Gasteiger partial charge in [0.25, 0.3) is 0 Å². The van der Waals surface area contributed by atoms with Crippen LogP contribution in [0.4, 0.5) is 58.4 Å². The van der Waals surface area contributed by atoms with Gasteiger partial charge >= 0.3 is 59.1 Å². The number of nitrogens with one attached hydrogen (secondary N) is 4. The van der Waals surface area contributed by atoms with Crippen LogP contribution in [0, 0.1) is 13.8 Å². The Morgan fingerprint density at radius 1 is 0.515 bits per heavy atom. The maximum atomic E-state index is 12.7. The summed E-state index contributed by atoms with van der Waals surface area (Å²) in [5.41, 5.74) is 3.62. The minimum Gasteiger partial charge on any atom is -0.744 e. The number of ether oxygens (including phenoxy) is 2. The number of morpholine rings is 2. The normalized spacial score (nSPS) is 14.2. The number of anilines is 10. The van der Waals surface area contributed by atoms with Gasteiger partial charge in [0.2, 0.25) is 35.7 Å². The Balaban J connectivity index is 0.00000360. The molecule has 4 aromatic carbocycles. The fourth-order valence-corrected chi connectivity index (χ4v) is 8.19. The Hall–Kier alpha value is -4.82. The van der Waals surface area contributed by atoms with E-state index in [1.54, 1.807) is 0 Å². The molecule has 0 atom stereocenters. The van der Waals surface area contributed by atoms with E-state index in [1.165, 1.54) is 36.4 Å². The van der Waals surface area contributed by atoms with Crippen molar-refractivity contribution in [3.63, 3.8) is 0 Å². The van der Waals surface area contributed by atoms with E-state index in [0.29, 0.717) is 64.5 Å². The summed E-state index contributed by atoms with van der Waals surface area (Å²) in [6, 6.07) is 23.1. The van der Waals surface area contributed by atoms with Crippen molar-refractivity contribution < 1.29 is 94.5 Å². The number of aromatic nitrogens is 6. The van der Waals surface area contributed by atoms with Gasteiger partial charge in [-0.1, -0.05) is 60.7 Å². The van der Waals surface area contributed by atoms with Crippen molar-refractivity contribution in [2.24, 2.45) is 0 Å². The molecule has 2 fully saturated rings. The molecule has 0 unspecified atom stereocenters. The van der Waals surface area contributed by atoms with Crippen molar-refractivity contribution in [1.29, 1.82) is 0 Å². The summed E-state index contributed by atoms with van der Waals surface area (Å²) in [4.78, 5) is 30.0. The van der Waals surface area contributed by atoms with E-state index in [0.717, 1.165) is 34.6 Å². The zero-order valence-corrected chi connectivity index (χ0v) is 42.2. The molecule has 0 bridgehead atoms. The largest absolute Gasteiger partial charge is 1.00 e.